The summed E-state index contributed by atoms with van der Waals surface area (Å²) >= 11 is 0. The lowest BCUT2D eigenvalue weighted by atomic mass is 9.94. The normalized spacial score (nSPS) is 20.1. The highest BCUT2D eigenvalue weighted by Gasteiger charge is 2.31. The summed E-state index contributed by atoms with van der Waals surface area (Å²) in [5.41, 5.74) is 5.46. The standard InChI is InChI=1S/C22H27F2N9O2/c23-14-9-29-20(30-10-14)17(19(25)26)21(34)31-16-12-28-11-15(24)18(16)32-5-1-13(2-6-32)22(35)33-7-3-27-4-8-33/h9-13,27,29H,1-8H2,(H3,25,26)(H,31,34). The van der Waals surface area contributed by atoms with E-state index in [1.807, 2.05) is 4.90 Å². The first kappa shape index (κ1) is 24.3. The van der Waals surface area contributed by atoms with Gasteiger partial charge in [0.15, 0.2) is 11.6 Å². The van der Waals surface area contributed by atoms with Gasteiger partial charge < -0.3 is 31.5 Å². The summed E-state index contributed by atoms with van der Waals surface area (Å²) in [5, 5.41) is 16.0. The van der Waals surface area contributed by atoms with E-state index < -0.39 is 23.4 Å². The maximum atomic E-state index is 14.9. The Bertz CT molecular complexity index is 1100. The fourth-order valence-electron chi connectivity index (χ4n) is 4.35. The summed E-state index contributed by atoms with van der Waals surface area (Å²) in [6.45, 7) is 3.76. The van der Waals surface area contributed by atoms with Gasteiger partial charge in [0.1, 0.15) is 22.9 Å². The Morgan fingerprint density at radius 3 is 2.49 bits per heavy atom. The molecule has 4 rings (SSSR count). The second-order valence-electron chi connectivity index (χ2n) is 8.38. The van der Waals surface area contributed by atoms with Gasteiger partial charge in [-0.1, -0.05) is 0 Å². The van der Waals surface area contributed by atoms with Gasteiger partial charge >= 0.3 is 0 Å². The van der Waals surface area contributed by atoms with E-state index in [0.717, 1.165) is 31.7 Å². The molecule has 3 aliphatic rings. The zero-order chi connectivity index (χ0) is 24.9. The van der Waals surface area contributed by atoms with E-state index in [0.29, 0.717) is 39.0 Å². The predicted molar refractivity (Wildman–Crippen MR) is 127 cm³/mol. The summed E-state index contributed by atoms with van der Waals surface area (Å²) in [6, 6.07) is 0. The second-order valence-corrected chi connectivity index (χ2v) is 8.38. The van der Waals surface area contributed by atoms with Crippen LogP contribution in [-0.2, 0) is 9.59 Å². The number of carbonyl (C=O) groups is 2. The van der Waals surface area contributed by atoms with Gasteiger partial charge in [-0.3, -0.25) is 20.0 Å². The molecular weight excluding hydrogens is 460 g/mol. The summed E-state index contributed by atoms with van der Waals surface area (Å²) < 4.78 is 28.1. The summed E-state index contributed by atoms with van der Waals surface area (Å²) in [7, 11) is 0. The molecule has 1 aromatic rings. The van der Waals surface area contributed by atoms with E-state index in [-0.39, 0.29) is 34.6 Å². The Kier molecular flexibility index (Phi) is 7.34. The van der Waals surface area contributed by atoms with Gasteiger partial charge in [0, 0.05) is 51.4 Å². The smallest absolute Gasteiger partial charge is 0.263 e. The third-order valence-corrected chi connectivity index (χ3v) is 6.11. The number of piperazine rings is 1. The summed E-state index contributed by atoms with van der Waals surface area (Å²) in [6.07, 6.45) is 5.30. The number of halogens is 2. The fraction of sp³-hybridized carbons (Fsp3) is 0.409. The molecule has 0 spiro atoms. The second kappa shape index (κ2) is 10.6. The van der Waals surface area contributed by atoms with Crippen LogP contribution in [0.3, 0.4) is 0 Å². The van der Waals surface area contributed by atoms with Gasteiger partial charge in [0.05, 0.1) is 24.3 Å². The Morgan fingerprint density at radius 1 is 1.14 bits per heavy atom. The summed E-state index contributed by atoms with van der Waals surface area (Å²) in [4.78, 5) is 37.0. The Morgan fingerprint density at radius 2 is 1.86 bits per heavy atom. The van der Waals surface area contributed by atoms with E-state index in [2.05, 4.69) is 25.9 Å². The molecule has 4 heterocycles. The molecule has 0 atom stereocenters. The number of carbonyl (C=O) groups excluding carboxylic acids is 2. The minimum absolute atomic E-state index is 0.0859. The van der Waals surface area contributed by atoms with Crippen molar-refractivity contribution in [2.75, 3.05) is 49.5 Å². The molecule has 13 heteroatoms. The maximum absolute atomic E-state index is 14.9. The Labute approximate surface area is 200 Å². The Balaban J connectivity index is 1.49. The van der Waals surface area contributed by atoms with Gasteiger partial charge in [-0.25, -0.2) is 13.8 Å². The number of amides is 2. The topological polar surface area (TPSA) is 152 Å². The largest absolute Gasteiger partial charge is 0.383 e. The average Bonchev–Trinajstić information content (AvgIpc) is 2.85. The number of anilines is 2. The molecule has 2 amide bonds. The number of nitrogens with zero attached hydrogens (tertiary/aromatic N) is 4. The van der Waals surface area contributed by atoms with Crippen LogP contribution in [0.25, 0.3) is 0 Å². The van der Waals surface area contributed by atoms with Gasteiger partial charge in [-0.05, 0) is 12.8 Å². The highest BCUT2D eigenvalue weighted by molar-refractivity contribution is 6.24. The number of nitrogens with two attached hydrogens (primary N) is 1. The molecule has 2 saturated heterocycles. The van der Waals surface area contributed by atoms with Crippen LogP contribution in [0.5, 0.6) is 0 Å². The third-order valence-electron chi connectivity index (χ3n) is 6.11. The van der Waals surface area contributed by atoms with Crippen molar-refractivity contribution in [3.05, 3.63) is 41.6 Å². The summed E-state index contributed by atoms with van der Waals surface area (Å²) in [5.74, 6) is -2.85. The first-order valence-electron chi connectivity index (χ1n) is 11.3. The molecule has 3 aliphatic heterocycles. The van der Waals surface area contributed by atoms with Crippen molar-refractivity contribution in [2.24, 2.45) is 16.6 Å². The number of rotatable bonds is 5. The first-order chi connectivity index (χ1) is 16.8. The molecule has 186 valence electrons. The van der Waals surface area contributed by atoms with Crippen molar-refractivity contribution < 1.29 is 18.4 Å². The number of aliphatic imine (C=N–C) groups is 1. The molecule has 0 aliphatic carbocycles. The van der Waals surface area contributed by atoms with Crippen molar-refractivity contribution in [1.29, 1.82) is 5.41 Å². The molecule has 0 bridgehead atoms. The Hall–Kier alpha value is -3.87. The number of nitrogens with one attached hydrogen (secondary N) is 4. The minimum atomic E-state index is -0.828. The molecule has 11 nitrogen and oxygen atoms in total. The van der Waals surface area contributed by atoms with E-state index in [9.17, 15) is 18.4 Å². The number of allylic oxidation sites excluding steroid dienone is 1. The number of hydrogen-bond donors (Lipinski definition) is 5. The molecule has 6 N–H and O–H groups in total. The number of piperidine rings is 1. The van der Waals surface area contributed by atoms with Gasteiger partial charge in [-0.15, -0.1) is 0 Å². The van der Waals surface area contributed by atoms with Gasteiger partial charge in [0.25, 0.3) is 5.91 Å². The van der Waals surface area contributed by atoms with Crippen molar-refractivity contribution in [3.63, 3.8) is 0 Å². The highest BCUT2D eigenvalue weighted by atomic mass is 19.1. The third kappa shape index (κ3) is 5.45. The van der Waals surface area contributed by atoms with Crippen LogP contribution in [0, 0.1) is 17.1 Å². The van der Waals surface area contributed by atoms with E-state index >= 15 is 0 Å². The zero-order valence-corrected chi connectivity index (χ0v) is 19.0. The molecule has 35 heavy (non-hydrogen) atoms. The van der Waals surface area contributed by atoms with Crippen molar-refractivity contribution in [2.45, 2.75) is 12.8 Å². The molecule has 0 unspecified atom stereocenters. The van der Waals surface area contributed by atoms with Crippen molar-refractivity contribution in [1.82, 2.24) is 20.5 Å². The SMILES string of the molecule is N=C(N)C(C(=O)Nc1cncc(F)c1N1CCC(C(=O)N2CCNCC2)CC1)=C1N=CC(F)=CN1. The van der Waals surface area contributed by atoms with Crippen LogP contribution < -0.4 is 26.6 Å². The maximum Gasteiger partial charge on any atom is 0.263 e. The van der Waals surface area contributed by atoms with Crippen LogP contribution in [0.1, 0.15) is 12.8 Å². The lowest BCUT2D eigenvalue weighted by Crippen LogP contribution is -2.50. The van der Waals surface area contributed by atoms with E-state index in [4.69, 9.17) is 11.1 Å². The lowest BCUT2D eigenvalue weighted by Gasteiger charge is -2.37. The van der Waals surface area contributed by atoms with Crippen LogP contribution in [0.15, 0.2) is 40.8 Å². The number of amidine groups is 1. The molecule has 0 radical (unpaired) electrons. The molecule has 0 saturated carbocycles. The van der Waals surface area contributed by atoms with E-state index in [1.165, 1.54) is 6.20 Å². The minimum Gasteiger partial charge on any atom is -0.383 e. The van der Waals surface area contributed by atoms with Gasteiger partial charge in [0.2, 0.25) is 5.91 Å². The molecular formula is C22H27F2N9O2. The van der Waals surface area contributed by atoms with Crippen LogP contribution >= 0.6 is 0 Å². The lowest BCUT2D eigenvalue weighted by molar-refractivity contribution is -0.136. The fourth-order valence-corrected chi connectivity index (χ4v) is 4.35. The quantitative estimate of drug-likeness (QED) is 0.230. The van der Waals surface area contributed by atoms with Crippen molar-refractivity contribution in [3.8, 4) is 0 Å². The van der Waals surface area contributed by atoms with Crippen LogP contribution in [-0.4, -0.2) is 73.0 Å². The number of hydrogen-bond acceptors (Lipinski definition) is 8. The average molecular weight is 488 g/mol. The van der Waals surface area contributed by atoms with Crippen molar-refractivity contribution >= 4 is 35.2 Å². The van der Waals surface area contributed by atoms with Crippen LogP contribution in [0.4, 0.5) is 20.2 Å². The predicted octanol–water partition coefficient (Wildman–Crippen LogP) is 0.440. The van der Waals surface area contributed by atoms with Crippen LogP contribution in [0.2, 0.25) is 0 Å². The molecule has 0 aromatic carbocycles. The number of aromatic nitrogens is 1. The monoisotopic (exact) mass is 487 g/mol. The molecule has 2 fully saturated rings. The zero-order valence-electron chi connectivity index (χ0n) is 19.0. The van der Waals surface area contributed by atoms with Gasteiger partial charge in [-0.2, -0.15) is 0 Å². The number of pyridine rings is 1. The molecule has 1 aromatic heterocycles. The highest BCUT2D eigenvalue weighted by Crippen LogP contribution is 2.33. The van der Waals surface area contributed by atoms with E-state index in [1.54, 1.807) is 4.90 Å². The first-order valence-corrected chi connectivity index (χ1v) is 11.3.